The van der Waals surface area contributed by atoms with Crippen LogP contribution in [0.2, 0.25) is 0 Å². The highest BCUT2D eigenvalue weighted by Crippen LogP contribution is 2.21. The summed E-state index contributed by atoms with van der Waals surface area (Å²) in [5.41, 5.74) is 2.66. The Morgan fingerprint density at radius 3 is 2.65 bits per heavy atom. The van der Waals surface area contributed by atoms with E-state index in [-0.39, 0.29) is 22.8 Å². The standard InChI is InChI=1S/C21H26N2O3/c1-14-6-8-18(9-7-14)26-13-17-5-4-10-23(12-17)21(25)20-16(3)22-15(2)11-19(20)24/h6-9,11,17H,4-5,10,12-13H2,1-3H3,(H,22,24)/t17-/m0/s1. The Bertz CT molecular complexity index is 839. The number of pyridine rings is 1. The highest BCUT2D eigenvalue weighted by Gasteiger charge is 2.27. The maximum Gasteiger partial charge on any atom is 0.259 e. The first-order valence-corrected chi connectivity index (χ1v) is 9.13. The van der Waals surface area contributed by atoms with Crippen molar-refractivity contribution in [2.45, 2.75) is 33.6 Å². The second-order valence-electron chi connectivity index (χ2n) is 7.20. The third-order valence-corrected chi connectivity index (χ3v) is 4.88. The fraction of sp³-hybridized carbons (Fsp3) is 0.429. The molecule has 2 aromatic rings. The zero-order chi connectivity index (χ0) is 18.7. The van der Waals surface area contributed by atoms with Crippen molar-refractivity contribution in [3.8, 4) is 5.75 Å². The van der Waals surface area contributed by atoms with Gasteiger partial charge in [0.2, 0.25) is 0 Å². The first-order chi connectivity index (χ1) is 12.4. The number of amides is 1. The fourth-order valence-corrected chi connectivity index (χ4v) is 3.51. The van der Waals surface area contributed by atoms with Gasteiger partial charge < -0.3 is 14.6 Å². The zero-order valence-corrected chi connectivity index (χ0v) is 15.7. The lowest BCUT2D eigenvalue weighted by Crippen LogP contribution is -2.43. The summed E-state index contributed by atoms with van der Waals surface area (Å²) in [6, 6.07) is 9.48. The van der Waals surface area contributed by atoms with Gasteiger partial charge in [0.25, 0.3) is 5.91 Å². The lowest BCUT2D eigenvalue weighted by molar-refractivity contribution is 0.0631. The maximum absolute atomic E-state index is 12.9. The first kappa shape index (κ1) is 18.2. The second-order valence-corrected chi connectivity index (χ2v) is 7.20. The molecule has 1 aliphatic rings. The Labute approximate surface area is 154 Å². The Balaban J connectivity index is 1.65. The van der Waals surface area contributed by atoms with Crippen molar-refractivity contribution in [2.75, 3.05) is 19.7 Å². The summed E-state index contributed by atoms with van der Waals surface area (Å²) in [7, 11) is 0. The number of likely N-dealkylation sites (tertiary alicyclic amines) is 1. The molecule has 1 N–H and O–H groups in total. The van der Waals surface area contributed by atoms with Gasteiger partial charge in [-0.05, 0) is 45.7 Å². The van der Waals surface area contributed by atoms with Gasteiger partial charge in [0, 0.05) is 36.5 Å². The van der Waals surface area contributed by atoms with E-state index in [4.69, 9.17) is 4.74 Å². The maximum atomic E-state index is 12.9. The van der Waals surface area contributed by atoms with Gasteiger partial charge in [-0.25, -0.2) is 0 Å². The minimum absolute atomic E-state index is 0.177. The molecule has 0 spiro atoms. The van der Waals surface area contributed by atoms with E-state index in [1.165, 1.54) is 11.6 Å². The van der Waals surface area contributed by atoms with Crippen molar-refractivity contribution < 1.29 is 9.53 Å². The van der Waals surface area contributed by atoms with Gasteiger partial charge in [0.05, 0.1) is 6.61 Å². The molecule has 1 aromatic carbocycles. The van der Waals surface area contributed by atoms with Gasteiger partial charge in [-0.1, -0.05) is 17.7 Å². The molecule has 1 aliphatic heterocycles. The van der Waals surface area contributed by atoms with Crippen LogP contribution in [0.25, 0.3) is 0 Å². The van der Waals surface area contributed by atoms with Crippen LogP contribution in [0.3, 0.4) is 0 Å². The van der Waals surface area contributed by atoms with Gasteiger partial charge in [-0.3, -0.25) is 9.59 Å². The second kappa shape index (κ2) is 7.77. The van der Waals surface area contributed by atoms with E-state index in [0.717, 1.165) is 24.3 Å². The molecule has 1 amide bonds. The van der Waals surface area contributed by atoms with Crippen LogP contribution >= 0.6 is 0 Å². The first-order valence-electron chi connectivity index (χ1n) is 9.13. The Morgan fingerprint density at radius 2 is 1.96 bits per heavy atom. The molecule has 2 heterocycles. The van der Waals surface area contributed by atoms with E-state index < -0.39 is 0 Å². The number of aromatic amines is 1. The average Bonchev–Trinajstić information content (AvgIpc) is 2.60. The quantitative estimate of drug-likeness (QED) is 0.917. The summed E-state index contributed by atoms with van der Waals surface area (Å²) in [6.07, 6.45) is 1.95. The van der Waals surface area contributed by atoms with E-state index in [1.807, 2.05) is 38.1 Å². The normalized spacial score (nSPS) is 17.2. The molecule has 0 saturated carbocycles. The number of hydrogen-bond donors (Lipinski definition) is 1. The number of carbonyl (C=O) groups is 1. The molecule has 138 valence electrons. The van der Waals surface area contributed by atoms with Gasteiger partial charge in [-0.15, -0.1) is 0 Å². The molecule has 5 heteroatoms. The lowest BCUT2D eigenvalue weighted by Gasteiger charge is -2.32. The summed E-state index contributed by atoms with van der Waals surface area (Å²) in [4.78, 5) is 30.0. The minimum Gasteiger partial charge on any atom is -0.493 e. The molecule has 1 saturated heterocycles. The predicted molar refractivity (Wildman–Crippen MR) is 102 cm³/mol. The van der Waals surface area contributed by atoms with Gasteiger partial charge >= 0.3 is 0 Å². The molecule has 0 aliphatic carbocycles. The highest BCUT2D eigenvalue weighted by atomic mass is 16.5. The van der Waals surface area contributed by atoms with Crippen LogP contribution in [0, 0.1) is 26.7 Å². The highest BCUT2D eigenvalue weighted by molar-refractivity contribution is 5.95. The largest absolute Gasteiger partial charge is 0.493 e. The topological polar surface area (TPSA) is 62.4 Å². The average molecular weight is 354 g/mol. The summed E-state index contributed by atoms with van der Waals surface area (Å²) in [5, 5.41) is 0. The zero-order valence-electron chi connectivity index (χ0n) is 15.7. The van der Waals surface area contributed by atoms with E-state index in [2.05, 4.69) is 4.98 Å². The van der Waals surface area contributed by atoms with Gasteiger partial charge in [0.15, 0.2) is 5.43 Å². The number of nitrogens with zero attached hydrogens (tertiary/aromatic N) is 1. The van der Waals surface area contributed by atoms with Crippen molar-refractivity contribution in [2.24, 2.45) is 5.92 Å². The number of rotatable bonds is 4. The Hall–Kier alpha value is -2.56. The lowest BCUT2D eigenvalue weighted by atomic mass is 9.98. The molecule has 1 aromatic heterocycles. The molecule has 3 rings (SSSR count). The van der Waals surface area contributed by atoms with Crippen LogP contribution in [0.5, 0.6) is 5.75 Å². The monoisotopic (exact) mass is 354 g/mol. The number of piperidine rings is 1. The van der Waals surface area contributed by atoms with E-state index in [0.29, 0.717) is 25.4 Å². The molecule has 1 fully saturated rings. The van der Waals surface area contributed by atoms with E-state index in [1.54, 1.807) is 11.8 Å². The third kappa shape index (κ3) is 4.15. The molecular weight excluding hydrogens is 328 g/mol. The molecule has 26 heavy (non-hydrogen) atoms. The number of nitrogens with one attached hydrogen (secondary N) is 1. The predicted octanol–water partition coefficient (Wildman–Crippen LogP) is 3.23. The van der Waals surface area contributed by atoms with Crippen LogP contribution in [-0.4, -0.2) is 35.5 Å². The minimum atomic E-state index is -0.207. The van der Waals surface area contributed by atoms with Crippen LogP contribution in [0.15, 0.2) is 35.1 Å². The molecule has 5 nitrogen and oxygen atoms in total. The molecule has 0 bridgehead atoms. The van der Waals surface area contributed by atoms with Crippen LogP contribution < -0.4 is 10.2 Å². The molecule has 0 unspecified atom stereocenters. The SMILES string of the molecule is Cc1ccc(OC[C@H]2CCCN(C(=O)c3c(C)[nH]c(C)cc3=O)C2)cc1. The molecule has 1 atom stereocenters. The van der Waals surface area contributed by atoms with Crippen LogP contribution in [-0.2, 0) is 0 Å². The van der Waals surface area contributed by atoms with Crippen molar-refractivity contribution in [3.63, 3.8) is 0 Å². The Morgan fingerprint density at radius 1 is 1.23 bits per heavy atom. The summed E-state index contributed by atoms with van der Waals surface area (Å²) in [5.74, 6) is 0.951. The molecular formula is C21H26N2O3. The number of H-pyrrole nitrogens is 1. The van der Waals surface area contributed by atoms with E-state index in [9.17, 15) is 9.59 Å². The van der Waals surface area contributed by atoms with Gasteiger partial charge in [-0.2, -0.15) is 0 Å². The number of benzene rings is 1. The summed E-state index contributed by atoms with van der Waals surface area (Å²) >= 11 is 0. The summed E-state index contributed by atoms with van der Waals surface area (Å²) in [6.45, 7) is 7.54. The van der Waals surface area contributed by atoms with Crippen LogP contribution in [0.1, 0.15) is 40.2 Å². The van der Waals surface area contributed by atoms with Crippen molar-refractivity contribution >= 4 is 5.91 Å². The van der Waals surface area contributed by atoms with Crippen molar-refractivity contribution in [1.29, 1.82) is 0 Å². The summed E-state index contributed by atoms with van der Waals surface area (Å²) < 4.78 is 5.89. The van der Waals surface area contributed by atoms with Crippen molar-refractivity contribution in [1.82, 2.24) is 9.88 Å². The number of aromatic nitrogens is 1. The van der Waals surface area contributed by atoms with Crippen LogP contribution in [0.4, 0.5) is 0 Å². The number of aryl methyl sites for hydroxylation is 3. The van der Waals surface area contributed by atoms with E-state index >= 15 is 0 Å². The number of carbonyl (C=O) groups excluding carboxylic acids is 1. The third-order valence-electron chi connectivity index (χ3n) is 4.88. The Kier molecular flexibility index (Phi) is 5.45. The number of hydrogen-bond acceptors (Lipinski definition) is 3. The number of ether oxygens (including phenoxy) is 1. The van der Waals surface area contributed by atoms with Gasteiger partial charge in [0.1, 0.15) is 11.3 Å². The van der Waals surface area contributed by atoms with Crippen molar-refractivity contribution in [3.05, 3.63) is 63.1 Å². The smallest absolute Gasteiger partial charge is 0.259 e. The molecule has 0 radical (unpaired) electrons. The fourth-order valence-electron chi connectivity index (χ4n) is 3.51.